The van der Waals surface area contributed by atoms with Crippen molar-refractivity contribution in [3.8, 4) is 11.8 Å². The SMILES string of the molecule is CC(C)(C(=O)O)c1cccc(CCNCCCNc2cc(F)cc(C#N)c2O)c1. The topological polar surface area (TPSA) is 105 Å². The molecule has 0 saturated carbocycles. The number of hydrogen-bond donors (Lipinski definition) is 4. The molecule has 2 rings (SSSR count). The van der Waals surface area contributed by atoms with E-state index in [0.29, 0.717) is 13.1 Å². The molecule has 0 bridgehead atoms. The minimum absolute atomic E-state index is 0.0982. The average Bonchev–Trinajstić information content (AvgIpc) is 2.69. The first kappa shape index (κ1) is 22.2. The van der Waals surface area contributed by atoms with Crippen molar-refractivity contribution < 1.29 is 19.4 Å². The molecular weight excluding hydrogens is 373 g/mol. The van der Waals surface area contributed by atoms with Gasteiger partial charge >= 0.3 is 5.97 Å². The first-order valence-corrected chi connectivity index (χ1v) is 9.45. The summed E-state index contributed by atoms with van der Waals surface area (Å²) in [4.78, 5) is 11.4. The van der Waals surface area contributed by atoms with Crippen LogP contribution in [0.1, 0.15) is 37.0 Å². The van der Waals surface area contributed by atoms with Crippen molar-refractivity contribution >= 4 is 11.7 Å². The number of hydrogen-bond acceptors (Lipinski definition) is 5. The highest BCUT2D eigenvalue weighted by molar-refractivity contribution is 5.80. The molecule has 0 heterocycles. The molecule has 29 heavy (non-hydrogen) atoms. The zero-order chi connectivity index (χ0) is 21.4. The number of aliphatic carboxylic acids is 1. The summed E-state index contributed by atoms with van der Waals surface area (Å²) in [5.41, 5.74) is 1.02. The van der Waals surface area contributed by atoms with Gasteiger partial charge in [0, 0.05) is 12.6 Å². The highest BCUT2D eigenvalue weighted by Gasteiger charge is 2.29. The number of halogens is 1. The van der Waals surface area contributed by atoms with Gasteiger partial charge in [-0.25, -0.2) is 4.39 Å². The van der Waals surface area contributed by atoms with E-state index in [4.69, 9.17) is 5.26 Å². The van der Waals surface area contributed by atoms with Crippen LogP contribution in [0.2, 0.25) is 0 Å². The largest absolute Gasteiger partial charge is 0.504 e. The number of aromatic hydroxyl groups is 1. The maximum Gasteiger partial charge on any atom is 0.313 e. The highest BCUT2D eigenvalue weighted by Crippen LogP contribution is 2.28. The minimum Gasteiger partial charge on any atom is -0.504 e. The monoisotopic (exact) mass is 399 g/mol. The molecule has 0 aliphatic carbocycles. The molecule has 0 fully saturated rings. The van der Waals surface area contributed by atoms with Gasteiger partial charge in [0.1, 0.15) is 11.9 Å². The van der Waals surface area contributed by atoms with Gasteiger partial charge in [-0.2, -0.15) is 5.26 Å². The molecule has 4 N–H and O–H groups in total. The fourth-order valence-electron chi connectivity index (χ4n) is 2.85. The van der Waals surface area contributed by atoms with E-state index in [0.717, 1.165) is 42.6 Å². The van der Waals surface area contributed by atoms with Gasteiger partial charge in [-0.15, -0.1) is 0 Å². The number of anilines is 1. The van der Waals surface area contributed by atoms with Crippen LogP contribution in [0.25, 0.3) is 0 Å². The predicted molar refractivity (Wildman–Crippen MR) is 110 cm³/mol. The third kappa shape index (κ3) is 5.93. The van der Waals surface area contributed by atoms with Gasteiger partial charge in [0.25, 0.3) is 0 Å². The van der Waals surface area contributed by atoms with E-state index >= 15 is 0 Å². The molecule has 6 nitrogen and oxygen atoms in total. The molecule has 154 valence electrons. The Balaban J connectivity index is 1.74. The molecule has 2 aromatic rings. The van der Waals surface area contributed by atoms with Gasteiger partial charge in [0.05, 0.1) is 16.7 Å². The number of phenolic OH excluding ortho intramolecular Hbond substituents is 1. The van der Waals surface area contributed by atoms with Crippen LogP contribution < -0.4 is 10.6 Å². The Morgan fingerprint density at radius 3 is 2.66 bits per heavy atom. The second-order valence-corrected chi connectivity index (χ2v) is 7.37. The van der Waals surface area contributed by atoms with E-state index in [9.17, 15) is 19.4 Å². The second kappa shape index (κ2) is 9.89. The second-order valence-electron chi connectivity index (χ2n) is 7.37. The highest BCUT2D eigenvalue weighted by atomic mass is 19.1. The lowest BCUT2D eigenvalue weighted by atomic mass is 9.84. The van der Waals surface area contributed by atoms with Gasteiger partial charge in [0.2, 0.25) is 0 Å². The third-order valence-electron chi connectivity index (χ3n) is 4.81. The van der Waals surface area contributed by atoms with Gasteiger partial charge in [-0.1, -0.05) is 24.3 Å². The van der Waals surface area contributed by atoms with Crippen molar-refractivity contribution in [2.45, 2.75) is 32.1 Å². The van der Waals surface area contributed by atoms with Crippen LogP contribution in [-0.4, -0.2) is 35.8 Å². The minimum atomic E-state index is -0.928. The summed E-state index contributed by atoms with van der Waals surface area (Å²) in [5.74, 6) is -1.68. The number of phenols is 1. The van der Waals surface area contributed by atoms with Crippen molar-refractivity contribution in [2.75, 3.05) is 25.0 Å². The van der Waals surface area contributed by atoms with E-state index in [1.165, 1.54) is 0 Å². The Bertz CT molecular complexity index is 907. The molecule has 0 aliphatic heterocycles. The van der Waals surface area contributed by atoms with Crippen molar-refractivity contribution in [3.63, 3.8) is 0 Å². The average molecular weight is 399 g/mol. The molecule has 0 unspecified atom stereocenters. The molecule has 0 spiro atoms. The fraction of sp³-hybridized carbons (Fsp3) is 0.364. The van der Waals surface area contributed by atoms with Crippen LogP contribution in [0.15, 0.2) is 36.4 Å². The number of carboxylic acid groups (broad SMARTS) is 1. The van der Waals surface area contributed by atoms with Crippen LogP contribution >= 0.6 is 0 Å². The molecule has 2 aromatic carbocycles. The number of rotatable bonds is 10. The summed E-state index contributed by atoms with van der Waals surface area (Å²) in [6.07, 6.45) is 1.51. The zero-order valence-corrected chi connectivity index (χ0v) is 16.6. The lowest BCUT2D eigenvalue weighted by molar-refractivity contribution is -0.142. The van der Waals surface area contributed by atoms with Crippen molar-refractivity contribution in [1.29, 1.82) is 5.26 Å². The summed E-state index contributed by atoms with van der Waals surface area (Å²) in [6, 6.07) is 11.5. The summed E-state index contributed by atoms with van der Waals surface area (Å²) in [5, 5.41) is 34.4. The lowest BCUT2D eigenvalue weighted by Crippen LogP contribution is -2.28. The van der Waals surface area contributed by atoms with Gasteiger partial charge in [-0.05, 0) is 57.0 Å². The van der Waals surface area contributed by atoms with Crippen molar-refractivity contribution in [1.82, 2.24) is 5.32 Å². The van der Waals surface area contributed by atoms with Gasteiger partial charge in [-0.3, -0.25) is 4.79 Å². The molecule has 0 radical (unpaired) electrons. The molecule has 0 atom stereocenters. The number of nitrogens with one attached hydrogen (secondary N) is 2. The summed E-state index contributed by atoms with van der Waals surface area (Å²) in [6.45, 7) is 5.34. The molecule has 0 saturated heterocycles. The quantitative estimate of drug-likeness (QED) is 0.360. The number of benzene rings is 2. The number of nitrogens with zero attached hydrogens (tertiary/aromatic N) is 1. The normalized spacial score (nSPS) is 11.1. The Labute approximate surface area is 170 Å². The Morgan fingerprint density at radius 1 is 1.21 bits per heavy atom. The van der Waals surface area contributed by atoms with Crippen LogP contribution in [0.4, 0.5) is 10.1 Å². The smallest absolute Gasteiger partial charge is 0.313 e. The van der Waals surface area contributed by atoms with E-state index < -0.39 is 17.2 Å². The van der Waals surface area contributed by atoms with Crippen molar-refractivity contribution in [3.05, 3.63) is 58.9 Å². The first-order valence-electron chi connectivity index (χ1n) is 9.45. The molecule has 0 amide bonds. The van der Waals surface area contributed by atoms with Gasteiger partial charge < -0.3 is 20.8 Å². The third-order valence-corrected chi connectivity index (χ3v) is 4.81. The maximum atomic E-state index is 13.4. The molecule has 7 heteroatoms. The zero-order valence-electron chi connectivity index (χ0n) is 16.6. The summed E-state index contributed by atoms with van der Waals surface area (Å²) >= 11 is 0. The van der Waals surface area contributed by atoms with Crippen LogP contribution in [0.3, 0.4) is 0 Å². The van der Waals surface area contributed by atoms with Crippen molar-refractivity contribution in [2.24, 2.45) is 0 Å². The van der Waals surface area contributed by atoms with E-state index in [-0.39, 0.29) is 17.0 Å². The first-order chi connectivity index (χ1) is 13.8. The molecule has 0 aromatic heterocycles. The summed E-state index contributed by atoms with van der Waals surface area (Å²) in [7, 11) is 0. The van der Waals surface area contributed by atoms with Crippen LogP contribution in [0.5, 0.6) is 5.75 Å². The number of carboxylic acids is 1. The van der Waals surface area contributed by atoms with E-state index in [2.05, 4.69) is 10.6 Å². The van der Waals surface area contributed by atoms with Crippen LogP contribution in [-0.2, 0) is 16.6 Å². The number of nitriles is 1. The van der Waals surface area contributed by atoms with E-state index in [1.54, 1.807) is 19.9 Å². The predicted octanol–water partition coefficient (Wildman–Crippen LogP) is 3.40. The lowest BCUT2D eigenvalue weighted by Gasteiger charge is -2.20. The Morgan fingerprint density at radius 2 is 1.97 bits per heavy atom. The van der Waals surface area contributed by atoms with E-state index in [1.807, 2.05) is 24.3 Å². The maximum absolute atomic E-state index is 13.4. The number of carbonyl (C=O) groups is 1. The molecular formula is C22H26FN3O3. The Kier molecular flexibility index (Phi) is 7.57. The summed E-state index contributed by atoms with van der Waals surface area (Å²) < 4.78 is 13.4. The standard InChI is InChI=1S/C22H26FN3O3/c1-22(2,21(28)29)17-6-3-5-15(11-17)7-10-25-8-4-9-26-19-13-18(23)12-16(14-24)20(19)27/h3,5-6,11-13,25-27H,4,7-10H2,1-2H3,(H,28,29). The van der Waals surface area contributed by atoms with Gasteiger partial charge in [0.15, 0.2) is 5.75 Å². The van der Waals surface area contributed by atoms with Crippen LogP contribution in [0, 0.1) is 17.1 Å². The Hall–Kier alpha value is -3.11. The fourth-order valence-corrected chi connectivity index (χ4v) is 2.85. The molecule has 0 aliphatic rings.